The molecule has 3 nitrogen and oxygen atoms in total. The SMILES string of the molecule is N#Cc1ncc(C=CC=O)cc1F. The third-order valence-corrected chi connectivity index (χ3v) is 1.34. The van der Waals surface area contributed by atoms with E-state index in [1.165, 1.54) is 18.3 Å². The Balaban J connectivity index is 3.04. The van der Waals surface area contributed by atoms with Gasteiger partial charge in [-0.2, -0.15) is 5.26 Å². The van der Waals surface area contributed by atoms with E-state index >= 15 is 0 Å². The highest BCUT2D eigenvalue weighted by Crippen LogP contribution is 2.06. The molecule has 0 saturated heterocycles. The van der Waals surface area contributed by atoms with Gasteiger partial charge in [-0.3, -0.25) is 4.79 Å². The normalized spacial score (nSPS) is 9.85. The highest BCUT2D eigenvalue weighted by Gasteiger charge is 2.01. The number of carbonyl (C=O) groups is 1. The highest BCUT2D eigenvalue weighted by atomic mass is 19.1. The Kier molecular flexibility index (Phi) is 2.87. The van der Waals surface area contributed by atoms with Crippen molar-refractivity contribution in [2.24, 2.45) is 0 Å². The monoisotopic (exact) mass is 176 g/mol. The number of allylic oxidation sites excluding steroid dienone is 1. The predicted octanol–water partition coefficient (Wildman–Crippen LogP) is 1.30. The third kappa shape index (κ3) is 2.20. The zero-order chi connectivity index (χ0) is 9.68. The second-order valence-corrected chi connectivity index (χ2v) is 2.21. The van der Waals surface area contributed by atoms with Crippen LogP contribution in [0.3, 0.4) is 0 Å². The zero-order valence-electron chi connectivity index (χ0n) is 6.57. The maximum absolute atomic E-state index is 12.9. The highest BCUT2D eigenvalue weighted by molar-refractivity contribution is 5.73. The van der Waals surface area contributed by atoms with Crippen LogP contribution in [0.5, 0.6) is 0 Å². The lowest BCUT2D eigenvalue weighted by Gasteiger charge is -1.93. The number of aldehydes is 1. The summed E-state index contributed by atoms with van der Waals surface area (Å²) in [6, 6.07) is 2.74. The van der Waals surface area contributed by atoms with Gasteiger partial charge < -0.3 is 0 Å². The molecule has 0 N–H and O–H groups in total. The first-order chi connectivity index (χ1) is 6.27. The van der Waals surface area contributed by atoms with Crippen molar-refractivity contribution >= 4 is 12.4 Å². The number of hydrogen-bond acceptors (Lipinski definition) is 3. The first kappa shape index (κ1) is 9.07. The molecular formula is C9H5FN2O. The van der Waals surface area contributed by atoms with Gasteiger partial charge in [0.25, 0.3) is 0 Å². The lowest BCUT2D eigenvalue weighted by Crippen LogP contribution is -1.89. The zero-order valence-corrected chi connectivity index (χ0v) is 6.57. The number of aromatic nitrogens is 1. The summed E-state index contributed by atoms with van der Waals surface area (Å²) in [5.74, 6) is -0.685. The largest absolute Gasteiger partial charge is 0.299 e. The molecule has 1 aromatic heterocycles. The molecule has 1 heterocycles. The summed E-state index contributed by atoms with van der Waals surface area (Å²) >= 11 is 0. The summed E-state index contributed by atoms with van der Waals surface area (Å²) in [7, 11) is 0. The minimum absolute atomic E-state index is 0.247. The van der Waals surface area contributed by atoms with Gasteiger partial charge in [0.2, 0.25) is 0 Å². The average molecular weight is 176 g/mol. The smallest absolute Gasteiger partial charge is 0.176 e. The molecule has 1 rings (SSSR count). The van der Waals surface area contributed by atoms with Crippen molar-refractivity contribution in [1.82, 2.24) is 4.98 Å². The maximum Gasteiger partial charge on any atom is 0.176 e. The van der Waals surface area contributed by atoms with E-state index in [-0.39, 0.29) is 5.69 Å². The van der Waals surface area contributed by atoms with Gasteiger partial charge in [-0.05, 0) is 17.7 Å². The van der Waals surface area contributed by atoms with E-state index in [0.29, 0.717) is 11.8 Å². The first-order valence-corrected chi connectivity index (χ1v) is 3.45. The van der Waals surface area contributed by atoms with E-state index in [4.69, 9.17) is 5.26 Å². The Bertz CT molecular complexity index is 393. The van der Waals surface area contributed by atoms with Crippen molar-refractivity contribution in [3.8, 4) is 6.07 Å². The number of halogens is 1. The van der Waals surface area contributed by atoms with E-state index in [2.05, 4.69) is 4.98 Å². The van der Waals surface area contributed by atoms with Gasteiger partial charge in [0.1, 0.15) is 12.4 Å². The maximum atomic E-state index is 12.9. The van der Waals surface area contributed by atoms with Crippen molar-refractivity contribution in [2.45, 2.75) is 0 Å². The number of pyridine rings is 1. The van der Waals surface area contributed by atoms with Gasteiger partial charge in [-0.15, -0.1) is 0 Å². The second kappa shape index (κ2) is 4.12. The molecule has 0 aliphatic carbocycles. The third-order valence-electron chi connectivity index (χ3n) is 1.34. The fourth-order valence-electron chi connectivity index (χ4n) is 0.777. The molecule has 0 aliphatic rings. The molecule has 4 heteroatoms. The van der Waals surface area contributed by atoms with E-state index in [0.717, 1.165) is 6.07 Å². The van der Waals surface area contributed by atoms with Gasteiger partial charge in [0.15, 0.2) is 11.5 Å². The molecule has 1 aromatic rings. The molecule has 0 saturated carbocycles. The van der Waals surface area contributed by atoms with Crippen molar-refractivity contribution < 1.29 is 9.18 Å². The molecule has 0 aromatic carbocycles. The Morgan fingerprint density at radius 1 is 1.62 bits per heavy atom. The van der Waals surface area contributed by atoms with Crippen LogP contribution in [0.1, 0.15) is 11.3 Å². The minimum atomic E-state index is -0.685. The molecule has 0 amide bonds. The Labute approximate surface area is 74.1 Å². The van der Waals surface area contributed by atoms with Gasteiger partial charge in [0.05, 0.1) is 0 Å². The summed E-state index contributed by atoms with van der Waals surface area (Å²) in [6.45, 7) is 0. The summed E-state index contributed by atoms with van der Waals surface area (Å²) < 4.78 is 12.9. The number of hydrogen-bond donors (Lipinski definition) is 0. The van der Waals surface area contributed by atoms with E-state index in [1.54, 1.807) is 6.07 Å². The first-order valence-electron chi connectivity index (χ1n) is 3.45. The summed E-state index contributed by atoms with van der Waals surface area (Å²) in [5, 5.41) is 8.36. The number of rotatable bonds is 2. The van der Waals surface area contributed by atoms with E-state index in [1.807, 2.05) is 0 Å². The van der Waals surface area contributed by atoms with Crippen molar-refractivity contribution in [3.05, 3.63) is 35.4 Å². The minimum Gasteiger partial charge on any atom is -0.299 e. The predicted molar refractivity (Wildman–Crippen MR) is 44.0 cm³/mol. The van der Waals surface area contributed by atoms with Crippen molar-refractivity contribution in [2.75, 3.05) is 0 Å². The van der Waals surface area contributed by atoms with Crippen LogP contribution in [0.25, 0.3) is 6.08 Å². The molecule has 64 valence electrons. The lowest BCUT2D eigenvalue weighted by atomic mass is 10.2. The fourth-order valence-corrected chi connectivity index (χ4v) is 0.777. The molecule has 0 spiro atoms. The topological polar surface area (TPSA) is 53.8 Å². The van der Waals surface area contributed by atoms with E-state index in [9.17, 15) is 9.18 Å². The molecule has 0 fully saturated rings. The van der Waals surface area contributed by atoms with Crippen LogP contribution in [-0.4, -0.2) is 11.3 Å². The van der Waals surface area contributed by atoms with Crippen LogP contribution in [0.2, 0.25) is 0 Å². The molecular weight excluding hydrogens is 171 g/mol. The van der Waals surface area contributed by atoms with Crippen LogP contribution in [0.4, 0.5) is 4.39 Å². The molecule has 0 unspecified atom stereocenters. The summed E-state index contributed by atoms with van der Waals surface area (Å²) in [6.07, 6.45) is 4.53. The molecule has 0 radical (unpaired) electrons. The van der Waals surface area contributed by atoms with Gasteiger partial charge >= 0.3 is 0 Å². The van der Waals surface area contributed by atoms with Crippen LogP contribution >= 0.6 is 0 Å². The number of nitrogens with zero attached hydrogens (tertiary/aromatic N) is 2. The molecule has 0 atom stereocenters. The lowest BCUT2D eigenvalue weighted by molar-refractivity contribution is -0.104. The van der Waals surface area contributed by atoms with Crippen molar-refractivity contribution in [1.29, 1.82) is 5.26 Å². The molecule has 13 heavy (non-hydrogen) atoms. The van der Waals surface area contributed by atoms with Crippen LogP contribution in [0.15, 0.2) is 18.3 Å². The average Bonchev–Trinajstić information content (AvgIpc) is 2.15. The van der Waals surface area contributed by atoms with E-state index < -0.39 is 5.82 Å². The molecule has 0 bridgehead atoms. The number of carbonyl (C=O) groups excluding carboxylic acids is 1. The van der Waals surface area contributed by atoms with Gasteiger partial charge in [-0.1, -0.05) is 6.08 Å². The van der Waals surface area contributed by atoms with Crippen LogP contribution in [-0.2, 0) is 4.79 Å². The standard InChI is InChI=1S/C9H5FN2O/c10-8-4-7(2-1-3-13)6-12-9(8)5-11/h1-4,6H. The number of nitriles is 1. The van der Waals surface area contributed by atoms with Gasteiger partial charge in [-0.25, -0.2) is 9.37 Å². The Hall–Kier alpha value is -2.02. The molecule has 0 aliphatic heterocycles. The van der Waals surface area contributed by atoms with Crippen LogP contribution in [0, 0.1) is 17.1 Å². The van der Waals surface area contributed by atoms with Gasteiger partial charge in [0, 0.05) is 6.20 Å². The fraction of sp³-hybridized carbons (Fsp3) is 0. The van der Waals surface area contributed by atoms with Crippen LogP contribution < -0.4 is 0 Å². The Morgan fingerprint density at radius 3 is 2.92 bits per heavy atom. The quantitative estimate of drug-likeness (QED) is 0.504. The van der Waals surface area contributed by atoms with Crippen molar-refractivity contribution in [3.63, 3.8) is 0 Å². The summed E-state index contributed by atoms with van der Waals surface area (Å²) in [4.78, 5) is 13.5. The second-order valence-electron chi connectivity index (χ2n) is 2.21. The summed E-state index contributed by atoms with van der Waals surface area (Å²) in [5.41, 5.74) is 0.201. The Morgan fingerprint density at radius 2 is 2.38 bits per heavy atom.